The lowest BCUT2D eigenvalue weighted by molar-refractivity contribution is -0.384. The van der Waals surface area contributed by atoms with Crippen molar-refractivity contribution in [2.24, 2.45) is 5.92 Å². The summed E-state index contributed by atoms with van der Waals surface area (Å²) in [5.41, 5.74) is 2.72. The molecule has 2 aromatic carbocycles. The van der Waals surface area contributed by atoms with Gasteiger partial charge in [0.25, 0.3) is 11.2 Å². The van der Waals surface area contributed by atoms with E-state index in [0.717, 1.165) is 40.6 Å². The molecule has 0 saturated heterocycles. The largest absolute Gasteiger partial charge is 0.269 e. The molecule has 6 rings (SSSR count). The lowest BCUT2D eigenvalue weighted by Crippen LogP contribution is -2.22. The summed E-state index contributed by atoms with van der Waals surface area (Å²) in [5.74, 6) is 1.53. The fourth-order valence-corrected chi connectivity index (χ4v) is 7.09. The number of fused-ring (bicyclic) bond motifs is 5. The van der Waals surface area contributed by atoms with Crippen molar-refractivity contribution in [2.45, 2.75) is 37.1 Å². The van der Waals surface area contributed by atoms with Crippen LogP contribution in [0.25, 0.3) is 21.7 Å². The van der Waals surface area contributed by atoms with Gasteiger partial charge >= 0.3 is 0 Å². The van der Waals surface area contributed by atoms with Crippen molar-refractivity contribution in [3.05, 3.63) is 90.0 Å². The van der Waals surface area contributed by atoms with Gasteiger partial charge in [0.15, 0.2) is 5.16 Å². The molecule has 0 unspecified atom stereocenters. The molecule has 0 radical (unpaired) electrons. The average Bonchev–Trinajstić information content (AvgIpc) is 3.45. The van der Waals surface area contributed by atoms with Gasteiger partial charge in [0, 0.05) is 27.8 Å². The molecule has 0 N–H and O–H groups in total. The maximum absolute atomic E-state index is 13.9. The summed E-state index contributed by atoms with van der Waals surface area (Å²) in [7, 11) is 0. The van der Waals surface area contributed by atoms with Crippen molar-refractivity contribution in [3.8, 4) is 5.69 Å². The molecular weight excluding hydrogens is 518 g/mol. The molecular formula is C25H20ClN5O3S2. The van der Waals surface area contributed by atoms with Crippen LogP contribution in [-0.4, -0.2) is 24.1 Å². The first-order valence-corrected chi connectivity index (χ1v) is 13.6. The highest BCUT2D eigenvalue weighted by Crippen LogP contribution is 2.38. The maximum atomic E-state index is 13.9. The van der Waals surface area contributed by atoms with Crippen molar-refractivity contribution in [1.29, 1.82) is 0 Å². The summed E-state index contributed by atoms with van der Waals surface area (Å²) < 4.78 is 3.60. The Balaban J connectivity index is 1.52. The Labute approximate surface area is 218 Å². The van der Waals surface area contributed by atoms with E-state index in [1.807, 2.05) is 16.5 Å². The predicted octanol–water partition coefficient (Wildman–Crippen LogP) is 6.07. The van der Waals surface area contributed by atoms with Crippen molar-refractivity contribution in [1.82, 2.24) is 19.2 Å². The zero-order valence-corrected chi connectivity index (χ0v) is 21.6. The number of nitro groups is 1. The van der Waals surface area contributed by atoms with Gasteiger partial charge in [0.1, 0.15) is 4.83 Å². The van der Waals surface area contributed by atoms with Crippen LogP contribution in [0.15, 0.2) is 58.5 Å². The second kappa shape index (κ2) is 9.02. The Morgan fingerprint density at radius 2 is 1.92 bits per heavy atom. The van der Waals surface area contributed by atoms with Gasteiger partial charge < -0.3 is 0 Å². The Bertz CT molecular complexity index is 1690. The van der Waals surface area contributed by atoms with Crippen LogP contribution in [0.5, 0.6) is 0 Å². The van der Waals surface area contributed by atoms with Crippen LogP contribution >= 0.6 is 34.7 Å². The molecule has 0 amide bonds. The average molecular weight is 538 g/mol. The van der Waals surface area contributed by atoms with E-state index in [9.17, 15) is 14.9 Å². The molecule has 3 aromatic heterocycles. The van der Waals surface area contributed by atoms with E-state index in [2.05, 4.69) is 17.1 Å². The highest BCUT2D eigenvalue weighted by molar-refractivity contribution is 7.98. The molecule has 0 saturated carbocycles. The van der Waals surface area contributed by atoms with Crippen molar-refractivity contribution >= 4 is 56.4 Å². The third-order valence-corrected chi connectivity index (χ3v) is 9.05. The number of non-ortho nitro benzene ring substituents is 1. The van der Waals surface area contributed by atoms with Crippen LogP contribution in [0.1, 0.15) is 29.3 Å². The smallest absolute Gasteiger partial charge is 0.268 e. The minimum atomic E-state index is -0.408. The molecule has 0 fully saturated rings. The third-order valence-electron chi connectivity index (χ3n) is 6.53. The van der Waals surface area contributed by atoms with Crippen molar-refractivity contribution < 1.29 is 4.92 Å². The number of rotatable bonds is 5. The van der Waals surface area contributed by atoms with E-state index in [1.165, 1.54) is 28.8 Å². The number of aromatic nitrogens is 4. The topological polar surface area (TPSA) is 95.3 Å². The first kappa shape index (κ1) is 23.2. The standard InChI is InChI=1S/C25H20ClN5O3S2/c1-14-2-11-20-19(12-14)21-22(32)29(17-9-5-16(26)6-10-17)24-27-28-25(30(24)23(21)36-20)35-13-15-3-7-18(8-4-15)31(33)34/h3-10,14H,2,11-13H2,1H3/t14-/m1/s1. The summed E-state index contributed by atoms with van der Waals surface area (Å²) in [6, 6.07) is 13.7. The molecule has 182 valence electrons. The number of thioether (sulfide) groups is 1. The Kier molecular flexibility index (Phi) is 5.82. The molecule has 1 atom stereocenters. The number of nitro benzene ring substituents is 1. The molecule has 36 heavy (non-hydrogen) atoms. The Morgan fingerprint density at radius 3 is 2.64 bits per heavy atom. The number of nitrogens with zero attached hydrogens (tertiary/aromatic N) is 5. The number of thiophene rings is 1. The number of hydrogen-bond acceptors (Lipinski definition) is 7. The quantitative estimate of drug-likeness (QED) is 0.153. The van der Waals surface area contributed by atoms with E-state index < -0.39 is 4.92 Å². The van der Waals surface area contributed by atoms with E-state index >= 15 is 0 Å². The summed E-state index contributed by atoms with van der Waals surface area (Å²) in [6.45, 7) is 2.23. The highest BCUT2D eigenvalue weighted by atomic mass is 35.5. The van der Waals surface area contributed by atoms with E-state index in [-0.39, 0.29) is 11.2 Å². The minimum absolute atomic E-state index is 0.0590. The Morgan fingerprint density at radius 1 is 1.17 bits per heavy atom. The van der Waals surface area contributed by atoms with E-state index in [4.69, 9.17) is 11.6 Å². The molecule has 1 aliphatic rings. The Hall–Kier alpha value is -3.21. The second-order valence-electron chi connectivity index (χ2n) is 8.98. The van der Waals surface area contributed by atoms with E-state index in [1.54, 1.807) is 40.2 Å². The lowest BCUT2D eigenvalue weighted by atomic mass is 9.89. The van der Waals surface area contributed by atoms with Gasteiger partial charge in [-0.1, -0.05) is 42.4 Å². The van der Waals surface area contributed by atoms with Crippen LogP contribution in [0.2, 0.25) is 5.02 Å². The highest BCUT2D eigenvalue weighted by Gasteiger charge is 2.27. The monoisotopic (exact) mass is 537 g/mol. The molecule has 0 bridgehead atoms. The molecule has 11 heteroatoms. The maximum Gasteiger partial charge on any atom is 0.269 e. The summed E-state index contributed by atoms with van der Waals surface area (Å²) in [5, 5.41) is 21.9. The van der Waals surface area contributed by atoms with Crippen molar-refractivity contribution in [3.63, 3.8) is 0 Å². The van der Waals surface area contributed by atoms with Crippen LogP contribution in [0, 0.1) is 16.0 Å². The van der Waals surface area contributed by atoms with Gasteiger partial charge in [0.05, 0.1) is 16.0 Å². The summed E-state index contributed by atoms with van der Waals surface area (Å²) in [6.07, 6.45) is 2.95. The van der Waals surface area contributed by atoms with Gasteiger partial charge in [-0.05, 0) is 60.6 Å². The molecule has 3 heterocycles. The first-order chi connectivity index (χ1) is 17.4. The van der Waals surface area contributed by atoms with Crippen LogP contribution in [0.3, 0.4) is 0 Å². The molecule has 1 aliphatic carbocycles. The number of hydrogen-bond donors (Lipinski definition) is 0. The molecule has 5 aromatic rings. The van der Waals surface area contributed by atoms with Gasteiger partial charge in [-0.2, -0.15) is 0 Å². The SMILES string of the molecule is C[C@@H]1CCc2sc3c(c2C1)c(=O)n(-c1ccc(Cl)cc1)c1nnc(SCc2ccc([N+](=O)[O-])cc2)n31. The molecule has 8 nitrogen and oxygen atoms in total. The third kappa shape index (κ3) is 3.89. The number of aryl methyl sites for hydroxylation is 1. The van der Waals surface area contributed by atoms with Crippen LogP contribution < -0.4 is 5.56 Å². The van der Waals surface area contributed by atoms with Gasteiger partial charge in [-0.25, -0.2) is 8.97 Å². The first-order valence-electron chi connectivity index (χ1n) is 11.5. The van der Waals surface area contributed by atoms with Crippen molar-refractivity contribution in [2.75, 3.05) is 0 Å². The minimum Gasteiger partial charge on any atom is -0.268 e. The van der Waals surface area contributed by atoms with E-state index in [0.29, 0.717) is 33.3 Å². The normalized spacial score (nSPS) is 15.4. The summed E-state index contributed by atoms with van der Waals surface area (Å²) >= 11 is 9.26. The number of halogens is 1. The lowest BCUT2D eigenvalue weighted by Gasteiger charge is -2.18. The predicted molar refractivity (Wildman–Crippen MR) is 143 cm³/mol. The second-order valence-corrected chi connectivity index (χ2v) is 11.4. The van der Waals surface area contributed by atoms with Gasteiger partial charge in [-0.3, -0.25) is 14.9 Å². The molecule has 0 spiro atoms. The number of benzene rings is 2. The fourth-order valence-electron chi connectivity index (χ4n) is 4.69. The van der Waals surface area contributed by atoms with Gasteiger partial charge in [0.2, 0.25) is 5.78 Å². The van der Waals surface area contributed by atoms with Gasteiger partial charge in [-0.15, -0.1) is 21.5 Å². The van der Waals surface area contributed by atoms with Crippen LogP contribution in [0.4, 0.5) is 5.69 Å². The molecule has 0 aliphatic heterocycles. The summed E-state index contributed by atoms with van der Waals surface area (Å²) in [4.78, 5) is 26.6. The fraction of sp³-hybridized carbons (Fsp3) is 0.240. The zero-order valence-electron chi connectivity index (χ0n) is 19.2. The van der Waals surface area contributed by atoms with Crippen LogP contribution in [-0.2, 0) is 18.6 Å². The zero-order chi connectivity index (χ0) is 25.0.